The number of benzene rings is 2. The lowest BCUT2D eigenvalue weighted by molar-refractivity contribution is -0.385. The molecular formula is C19H16N6O7. The molecule has 0 saturated carbocycles. The lowest BCUT2D eigenvalue weighted by Crippen LogP contribution is -2.24. The van der Waals surface area contributed by atoms with E-state index in [9.17, 15) is 34.9 Å². The Bertz CT molecular complexity index is 1250. The third-order valence-corrected chi connectivity index (χ3v) is 4.38. The van der Waals surface area contributed by atoms with Crippen LogP contribution in [-0.2, 0) is 4.79 Å². The van der Waals surface area contributed by atoms with Crippen molar-refractivity contribution >= 4 is 39.8 Å². The van der Waals surface area contributed by atoms with Crippen LogP contribution in [0.25, 0.3) is 10.9 Å². The van der Waals surface area contributed by atoms with Gasteiger partial charge in [-0.3, -0.25) is 29.8 Å². The Morgan fingerprint density at radius 3 is 2.50 bits per heavy atom. The normalized spacial score (nSPS) is 11.0. The summed E-state index contributed by atoms with van der Waals surface area (Å²) in [4.78, 5) is 47.1. The molecule has 0 unspecified atom stereocenters. The fourth-order valence-corrected chi connectivity index (χ4v) is 2.83. The van der Waals surface area contributed by atoms with Gasteiger partial charge in [0.1, 0.15) is 0 Å². The lowest BCUT2D eigenvalue weighted by Gasteiger charge is -2.04. The van der Waals surface area contributed by atoms with Crippen LogP contribution < -0.4 is 5.32 Å². The molecule has 0 fully saturated rings. The summed E-state index contributed by atoms with van der Waals surface area (Å²) >= 11 is 0. The number of non-ortho nitro benzene ring substituents is 2. The summed E-state index contributed by atoms with van der Waals surface area (Å²) in [5.41, 5.74) is -0.0126. The van der Waals surface area contributed by atoms with E-state index in [2.05, 4.69) is 20.5 Å². The van der Waals surface area contributed by atoms with Crippen LogP contribution >= 0.6 is 0 Å². The van der Waals surface area contributed by atoms with E-state index >= 15 is 0 Å². The van der Waals surface area contributed by atoms with E-state index in [4.69, 9.17) is 0 Å². The van der Waals surface area contributed by atoms with Gasteiger partial charge in [0, 0.05) is 48.2 Å². The molecule has 1 aromatic heterocycles. The van der Waals surface area contributed by atoms with Gasteiger partial charge >= 0.3 is 0 Å². The molecule has 0 aliphatic carbocycles. The number of H-pyrrole nitrogens is 1. The number of aromatic amines is 1. The van der Waals surface area contributed by atoms with Crippen molar-refractivity contribution in [1.29, 1.82) is 0 Å². The van der Waals surface area contributed by atoms with Crippen molar-refractivity contribution in [3.63, 3.8) is 0 Å². The Hall–Kier alpha value is -4.68. The molecule has 0 radical (unpaired) electrons. The number of hydrogen-bond acceptors (Lipinski definition) is 8. The number of amides is 2. The minimum Gasteiger partial charge on any atom is -0.493 e. The number of carbonyl (C=O) groups is 2. The summed E-state index contributed by atoms with van der Waals surface area (Å²) < 4.78 is 0. The van der Waals surface area contributed by atoms with Gasteiger partial charge < -0.3 is 15.4 Å². The van der Waals surface area contributed by atoms with E-state index in [0.29, 0.717) is 5.52 Å². The van der Waals surface area contributed by atoms with Gasteiger partial charge in [-0.25, -0.2) is 0 Å². The van der Waals surface area contributed by atoms with Crippen LogP contribution in [0.15, 0.2) is 52.7 Å². The number of azo groups is 1. The molecule has 3 aromatic rings. The topological polar surface area (TPSA) is 193 Å². The number of nitrogens with zero attached hydrogens (tertiary/aromatic N) is 4. The average Bonchev–Trinajstić information content (AvgIpc) is 3.09. The Morgan fingerprint density at radius 1 is 1.06 bits per heavy atom. The maximum absolute atomic E-state index is 12.0. The van der Waals surface area contributed by atoms with Crippen LogP contribution in [-0.4, -0.2) is 38.3 Å². The first kappa shape index (κ1) is 22.0. The molecule has 13 heteroatoms. The smallest absolute Gasteiger partial charge is 0.270 e. The highest BCUT2D eigenvalue weighted by molar-refractivity contribution is 5.96. The standard InChI is InChI=1S/C19H16N6O7/c26-16(5-2-8-20-18(27)11-3-1-4-12(9-11)24(29)30)22-23-17-14-10-13(25(31)32)6-7-15(14)21-19(17)28/h1,3-4,6-7,9-10,21,28H,2,5,8H2,(H,20,27). The molecule has 0 atom stereocenters. The van der Waals surface area contributed by atoms with Gasteiger partial charge in [0.15, 0.2) is 5.69 Å². The van der Waals surface area contributed by atoms with Crippen molar-refractivity contribution in [2.24, 2.45) is 10.2 Å². The number of fused-ring (bicyclic) bond motifs is 1. The quantitative estimate of drug-likeness (QED) is 0.206. The molecule has 0 bridgehead atoms. The molecule has 3 rings (SSSR count). The molecule has 2 aromatic carbocycles. The number of aromatic nitrogens is 1. The molecule has 0 aliphatic rings. The second-order valence-corrected chi connectivity index (χ2v) is 6.57. The number of aromatic hydroxyl groups is 1. The van der Waals surface area contributed by atoms with E-state index < -0.39 is 21.7 Å². The summed E-state index contributed by atoms with van der Waals surface area (Å²) in [6.07, 6.45) is 0.159. The zero-order chi connectivity index (χ0) is 23.3. The maximum atomic E-state index is 12.0. The second-order valence-electron chi connectivity index (χ2n) is 6.57. The van der Waals surface area contributed by atoms with Crippen LogP contribution in [0.2, 0.25) is 0 Å². The molecule has 13 nitrogen and oxygen atoms in total. The number of rotatable bonds is 8. The monoisotopic (exact) mass is 440 g/mol. The molecule has 1 heterocycles. The minimum absolute atomic E-state index is 0.0675. The third kappa shape index (κ3) is 5.08. The first-order valence-corrected chi connectivity index (χ1v) is 9.22. The Balaban J connectivity index is 1.55. The molecule has 164 valence electrons. The second kappa shape index (κ2) is 9.42. The van der Waals surface area contributed by atoms with Crippen molar-refractivity contribution in [3.05, 3.63) is 68.3 Å². The van der Waals surface area contributed by atoms with E-state index in [1.165, 1.54) is 36.4 Å². The predicted molar refractivity (Wildman–Crippen MR) is 111 cm³/mol. The Morgan fingerprint density at radius 2 is 1.78 bits per heavy atom. The van der Waals surface area contributed by atoms with Gasteiger partial charge in [-0.2, -0.15) is 0 Å². The summed E-state index contributed by atoms with van der Waals surface area (Å²) in [5.74, 6) is -1.54. The average molecular weight is 440 g/mol. The van der Waals surface area contributed by atoms with E-state index in [1.54, 1.807) is 0 Å². The zero-order valence-electron chi connectivity index (χ0n) is 16.3. The fourth-order valence-electron chi connectivity index (χ4n) is 2.83. The van der Waals surface area contributed by atoms with Gasteiger partial charge in [0.2, 0.25) is 5.88 Å². The first-order chi connectivity index (χ1) is 15.3. The highest BCUT2D eigenvalue weighted by Crippen LogP contribution is 2.37. The lowest BCUT2D eigenvalue weighted by atomic mass is 10.2. The fraction of sp³-hybridized carbons (Fsp3) is 0.158. The molecular weight excluding hydrogens is 424 g/mol. The number of nitro groups is 2. The maximum Gasteiger partial charge on any atom is 0.270 e. The molecule has 0 spiro atoms. The van der Waals surface area contributed by atoms with Crippen molar-refractivity contribution < 1.29 is 24.5 Å². The van der Waals surface area contributed by atoms with Gasteiger partial charge in [-0.1, -0.05) is 6.07 Å². The zero-order valence-corrected chi connectivity index (χ0v) is 16.3. The first-order valence-electron chi connectivity index (χ1n) is 9.22. The molecule has 0 saturated heterocycles. The van der Waals surface area contributed by atoms with Crippen LogP contribution in [0.4, 0.5) is 17.1 Å². The van der Waals surface area contributed by atoms with Crippen molar-refractivity contribution in [3.8, 4) is 5.88 Å². The van der Waals surface area contributed by atoms with Crippen molar-refractivity contribution in [2.45, 2.75) is 12.8 Å². The largest absolute Gasteiger partial charge is 0.493 e. The Labute approximate surface area is 179 Å². The van der Waals surface area contributed by atoms with Crippen LogP contribution in [0.5, 0.6) is 5.88 Å². The van der Waals surface area contributed by atoms with E-state index in [1.807, 2.05) is 0 Å². The Kier molecular flexibility index (Phi) is 6.48. The highest BCUT2D eigenvalue weighted by atomic mass is 16.6. The molecule has 2 amide bonds. The number of nitrogens with one attached hydrogen (secondary N) is 2. The van der Waals surface area contributed by atoms with Crippen LogP contribution in [0.3, 0.4) is 0 Å². The third-order valence-electron chi connectivity index (χ3n) is 4.38. The molecule has 3 N–H and O–H groups in total. The molecule has 32 heavy (non-hydrogen) atoms. The van der Waals surface area contributed by atoms with E-state index in [-0.39, 0.29) is 53.3 Å². The predicted octanol–water partition coefficient (Wildman–Crippen LogP) is 3.51. The van der Waals surface area contributed by atoms with Crippen LogP contribution in [0.1, 0.15) is 23.2 Å². The van der Waals surface area contributed by atoms with Gasteiger partial charge in [-0.15, -0.1) is 10.2 Å². The van der Waals surface area contributed by atoms with Crippen molar-refractivity contribution in [2.75, 3.05) is 6.54 Å². The van der Waals surface area contributed by atoms with Crippen molar-refractivity contribution in [1.82, 2.24) is 10.3 Å². The number of hydrogen-bond donors (Lipinski definition) is 3. The van der Waals surface area contributed by atoms with Gasteiger partial charge in [-0.05, 0) is 18.6 Å². The summed E-state index contributed by atoms with van der Waals surface area (Å²) in [7, 11) is 0. The SMILES string of the molecule is O=C(CCCNC(=O)c1cccc([N+](=O)[O-])c1)N=Nc1c(O)[nH]c2ccc([N+](=O)[O-])cc12. The van der Waals surface area contributed by atoms with Gasteiger partial charge in [0.05, 0.1) is 15.4 Å². The molecule has 0 aliphatic heterocycles. The van der Waals surface area contributed by atoms with E-state index in [0.717, 1.165) is 6.07 Å². The summed E-state index contributed by atoms with van der Waals surface area (Å²) in [6.45, 7) is 0.118. The number of nitro benzene ring substituents is 2. The van der Waals surface area contributed by atoms with Crippen LogP contribution in [0, 0.1) is 20.2 Å². The minimum atomic E-state index is -0.631. The summed E-state index contributed by atoms with van der Waals surface area (Å²) in [5, 5.41) is 41.6. The number of carbonyl (C=O) groups excluding carboxylic acids is 2. The van der Waals surface area contributed by atoms with Gasteiger partial charge in [0.25, 0.3) is 23.2 Å². The highest BCUT2D eigenvalue weighted by Gasteiger charge is 2.15. The summed E-state index contributed by atoms with van der Waals surface area (Å²) in [6, 6.07) is 9.10.